The van der Waals surface area contributed by atoms with E-state index in [1.165, 1.54) is 19.3 Å². The third kappa shape index (κ3) is 5.86. The molecule has 0 radical (unpaired) electrons. The van der Waals surface area contributed by atoms with Gasteiger partial charge in [-0.05, 0) is 59.1 Å². The van der Waals surface area contributed by atoms with E-state index in [0.29, 0.717) is 11.3 Å². The van der Waals surface area contributed by atoms with Gasteiger partial charge in [-0.3, -0.25) is 0 Å². The minimum absolute atomic E-state index is 0.0251. The van der Waals surface area contributed by atoms with Gasteiger partial charge >= 0.3 is 6.03 Å². The molecule has 2 fully saturated rings. The van der Waals surface area contributed by atoms with Crippen LogP contribution in [-0.4, -0.2) is 40.2 Å². The van der Waals surface area contributed by atoms with E-state index < -0.39 is 0 Å². The zero-order valence-corrected chi connectivity index (χ0v) is 16.3. The van der Waals surface area contributed by atoms with E-state index in [4.69, 9.17) is 0 Å². The summed E-state index contributed by atoms with van der Waals surface area (Å²) in [5.74, 6) is 1.13. The van der Waals surface area contributed by atoms with Gasteiger partial charge in [0.15, 0.2) is 0 Å². The zero-order valence-electron chi connectivity index (χ0n) is 15.5. The summed E-state index contributed by atoms with van der Waals surface area (Å²) in [7, 11) is 0. The molecule has 0 spiro atoms. The second-order valence-corrected chi connectivity index (χ2v) is 10.0. The molecule has 3 N–H and O–H groups in total. The first-order chi connectivity index (χ1) is 10.7. The van der Waals surface area contributed by atoms with E-state index in [2.05, 4.69) is 50.6 Å². The Hall–Kier alpha value is -0.420. The second-order valence-electron chi connectivity index (χ2n) is 8.50. The molecule has 0 aromatic heterocycles. The number of nitrogens with one attached hydrogen (secondary N) is 3. The molecule has 1 saturated heterocycles. The van der Waals surface area contributed by atoms with Gasteiger partial charge in [0.2, 0.25) is 0 Å². The Balaban J connectivity index is 1.88. The Morgan fingerprint density at radius 2 is 1.70 bits per heavy atom. The summed E-state index contributed by atoms with van der Waals surface area (Å²) in [6.07, 6.45) is 6.84. The molecule has 23 heavy (non-hydrogen) atoms. The first-order valence-corrected chi connectivity index (χ1v) is 10.2. The van der Waals surface area contributed by atoms with Crippen molar-refractivity contribution < 1.29 is 4.79 Å². The van der Waals surface area contributed by atoms with Gasteiger partial charge in [-0.1, -0.05) is 19.8 Å². The van der Waals surface area contributed by atoms with Gasteiger partial charge < -0.3 is 16.0 Å². The molecule has 134 valence electrons. The van der Waals surface area contributed by atoms with Crippen LogP contribution in [0.2, 0.25) is 0 Å². The van der Waals surface area contributed by atoms with Crippen molar-refractivity contribution in [2.45, 2.75) is 102 Å². The molecule has 0 unspecified atom stereocenters. The third-order valence-electron chi connectivity index (χ3n) is 4.93. The van der Waals surface area contributed by atoms with Crippen LogP contribution in [-0.2, 0) is 0 Å². The van der Waals surface area contributed by atoms with Gasteiger partial charge in [0, 0.05) is 28.4 Å². The predicted molar refractivity (Wildman–Crippen MR) is 100 cm³/mol. The summed E-state index contributed by atoms with van der Waals surface area (Å²) in [5.41, 5.74) is 0.121. The molecule has 2 aliphatic rings. The lowest BCUT2D eigenvalue weighted by Gasteiger charge is -2.46. The Labute approximate surface area is 146 Å². The largest absolute Gasteiger partial charge is 0.335 e. The average molecular weight is 342 g/mol. The van der Waals surface area contributed by atoms with Crippen LogP contribution in [0.1, 0.15) is 73.1 Å². The third-order valence-corrected chi connectivity index (χ3v) is 6.25. The van der Waals surface area contributed by atoms with E-state index >= 15 is 0 Å². The van der Waals surface area contributed by atoms with Crippen molar-refractivity contribution in [2.75, 3.05) is 5.75 Å². The van der Waals surface area contributed by atoms with Crippen LogP contribution in [0.4, 0.5) is 4.79 Å². The first kappa shape index (κ1) is 18.9. The van der Waals surface area contributed by atoms with Crippen molar-refractivity contribution in [1.29, 1.82) is 0 Å². The number of thioether (sulfide) groups is 1. The normalized spacial score (nSPS) is 30.7. The van der Waals surface area contributed by atoms with Crippen LogP contribution in [0.5, 0.6) is 0 Å². The van der Waals surface area contributed by atoms with Crippen LogP contribution < -0.4 is 16.0 Å². The van der Waals surface area contributed by atoms with Crippen LogP contribution in [0.25, 0.3) is 0 Å². The molecule has 1 saturated carbocycles. The Kier molecular flexibility index (Phi) is 6.28. The molecule has 1 aliphatic heterocycles. The van der Waals surface area contributed by atoms with Crippen molar-refractivity contribution in [3.8, 4) is 0 Å². The monoisotopic (exact) mass is 341 g/mol. The van der Waals surface area contributed by atoms with E-state index in [1.54, 1.807) is 0 Å². The molecule has 1 heterocycles. The van der Waals surface area contributed by atoms with Crippen LogP contribution in [0, 0.1) is 0 Å². The van der Waals surface area contributed by atoms with Crippen molar-refractivity contribution >= 4 is 17.8 Å². The van der Waals surface area contributed by atoms with Gasteiger partial charge in [0.1, 0.15) is 0 Å². The lowest BCUT2D eigenvalue weighted by Crippen LogP contribution is -2.63. The topological polar surface area (TPSA) is 53.2 Å². The minimum Gasteiger partial charge on any atom is -0.335 e. The SMILES string of the molecule is CCS[C@@H]1CCCC[C@H]1NC(=O)NC1CC(C)(C)NC(C)(C)C1. The minimum atomic E-state index is 0.0251. The summed E-state index contributed by atoms with van der Waals surface area (Å²) >= 11 is 2.00. The van der Waals surface area contributed by atoms with Crippen molar-refractivity contribution in [1.82, 2.24) is 16.0 Å². The highest BCUT2D eigenvalue weighted by molar-refractivity contribution is 7.99. The Bertz CT molecular complexity index is 393. The molecule has 5 heteroatoms. The summed E-state index contributed by atoms with van der Waals surface area (Å²) < 4.78 is 0. The fourth-order valence-electron chi connectivity index (χ4n) is 4.50. The fourth-order valence-corrected chi connectivity index (χ4v) is 5.69. The number of piperidine rings is 1. The smallest absolute Gasteiger partial charge is 0.315 e. The maximum atomic E-state index is 12.5. The Morgan fingerprint density at radius 3 is 2.30 bits per heavy atom. The summed E-state index contributed by atoms with van der Waals surface area (Å²) in [6, 6.07) is 0.593. The zero-order chi connectivity index (χ0) is 17.1. The standard InChI is InChI=1S/C18H35N3OS/c1-6-23-15-10-8-7-9-14(15)20-16(22)19-13-11-17(2,3)21-18(4,5)12-13/h13-15,21H,6-12H2,1-5H3,(H2,19,20,22)/t14-,15-/m1/s1. The highest BCUT2D eigenvalue weighted by Crippen LogP contribution is 2.30. The summed E-state index contributed by atoms with van der Waals surface area (Å²) in [4.78, 5) is 12.5. The number of hydrogen-bond donors (Lipinski definition) is 3. The number of amides is 2. The lowest BCUT2D eigenvalue weighted by atomic mass is 9.80. The quantitative estimate of drug-likeness (QED) is 0.731. The number of rotatable bonds is 4. The van der Waals surface area contributed by atoms with Crippen LogP contribution >= 0.6 is 11.8 Å². The van der Waals surface area contributed by atoms with Crippen molar-refractivity contribution in [3.63, 3.8) is 0 Å². The first-order valence-electron chi connectivity index (χ1n) is 9.19. The maximum Gasteiger partial charge on any atom is 0.315 e. The highest BCUT2D eigenvalue weighted by atomic mass is 32.2. The number of carbonyl (C=O) groups is 1. The molecule has 0 aromatic rings. The van der Waals surface area contributed by atoms with E-state index in [0.717, 1.165) is 25.0 Å². The summed E-state index contributed by atoms with van der Waals surface area (Å²) in [5, 5.41) is 10.8. The van der Waals surface area contributed by atoms with Gasteiger partial charge in [-0.15, -0.1) is 0 Å². The van der Waals surface area contributed by atoms with Gasteiger partial charge in [0.25, 0.3) is 0 Å². The molecule has 2 rings (SSSR count). The van der Waals surface area contributed by atoms with Crippen molar-refractivity contribution in [3.05, 3.63) is 0 Å². The molecule has 0 aromatic carbocycles. The fraction of sp³-hybridized carbons (Fsp3) is 0.944. The summed E-state index contributed by atoms with van der Waals surface area (Å²) in [6.45, 7) is 11.1. The highest BCUT2D eigenvalue weighted by Gasteiger charge is 2.38. The number of hydrogen-bond acceptors (Lipinski definition) is 3. The molecule has 0 bridgehead atoms. The van der Waals surface area contributed by atoms with Gasteiger partial charge in [-0.2, -0.15) is 11.8 Å². The Morgan fingerprint density at radius 1 is 1.09 bits per heavy atom. The number of carbonyl (C=O) groups excluding carboxylic acids is 1. The van der Waals surface area contributed by atoms with E-state index in [9.17, 15) is 4.79 Å². The molecule has 2 atom stereocenters. The molecule has 2 amide bonds. The van der Waals surface area contributed by atoms with Crippen LogP contribution in [0.3, 0.4) is 0 Å². The molecular formula is C18H35N3OS. The van der Waals surface area contributed by atoms with E-state index in [1.807, 2.05) is 11.8 Å². The second kappa shape index (κ2) is 7.64. The van der Waals surface area contributed by atoms with Gasteiger partial charge in [-0.25, -0.2) is 4.79 Å². The van der Waals surface area contributed by atoms with E-state index in [-0.39, 0.29) is 23.2 Å². The number of urea groups is 1. The lowest BCUT2D eigenvalue weighted by molar-refractivity contribution is 0.146. The molecular weight excluding hydrogens is 306 g/mol. The molecule has 1 aliphatic carbocycles. The van der Waals surface area contributed by atoms with Crippen LogP contribution in [0.15, 0.2) is 0 Å². The van der Waals surface area contributed by atoms with Crippen molar-refractivity contribution in [2.24, 2.45) is 0 Å². The predicted octanol–water partition coefficient (Wildman–Crippen LogP) is 3.66. The van der Waals surface area contributed by atoms with Gasteiger partial charge in [0.05, 0.1) is 0 Å². The molecule has 4 nitrogen and oxygen atoms in total. The average Bonchev–Trinajstić information content (AvgIpc) is 2.37. The maximum absolute atomic E-state index is 12.5.